The summed E-state index contributed by atoms with van der Waals surface area (Å²) in [4.78, 5) is 24.6. The van der Waals surface area contributed by atoms with Gasteiger partial charge in [-0.25, -0.2) is 0 Å². The Hall–Kier alpha value is -0.770. The molecule has 0 radical (unpaired) electrons. The molecule has 2 saturated carbocycles. The average Bonchev–Trinajstić information content (AvgIpc) is 2.44. The van der Waals surface area contributed by atoms with E-state index in [4.69, 9.17) is 34.8 Å². The Labute approximate surface area is 144 Å². The number of anilines is 1. The first kappa shape index (κ1) is 16.1. The van der Waals surface area contributed by atoms with Crippen LogP contribution in [-0.4, -0.2) is 11.7 Å². The van der Waals surface area contributed by atoms with Crippen molar-refractivity contribution in [2.45, 2.75) is 32.1 Å². The van der Waals surface area contributed by atoms with E-state index in [-0.39, 0.29) is 23.7 Å². The van der Waals surface area contributed by atoms with Crippen molar-refractivity contribution >= 4 is 52.2 Å². The lowest BCUT2D eigenvalue weighted by Crippen LogP contribution is -2.40. The van der Waals surface area contributed by atoms with Gasteiger partial charge in [0.25, 0.3) is 0 Å². The van der Waals surface area contributed by atoms with Gasteiger partial charge in [-0.2, -0.15) is 0 Å². The Morgan fingerprint density at radius 2 is 1.59 bits per heavy atom. The first-order chi connectivity index (χ1) is 10.5. The smallest absolute Gasteiger partial charge is 0.227 e. The lowest BCUT2D eigenvalue weighted by molar-refractivity contribution is -0.136. The molecule has 1 aromatic rings. The van der Waals surface area contributed by atoms with Crippen molar-refractivity contribution in [3.8, 4) is 0 Å². The van der Waals surface area contributed by atoms with Gasteiger partial charge in [0, 0.05) is 17.8 Å². The molecule has 6 heteroatoms. The molecule has 0 saturated heterocycles. The van der Waals surface area contributed by atoms with Crippen molar-refractivity contribution in [1.29, 1.82) is 0 Å². The van der Waals surface area contributed by atoms with Gasteiger partial charge >= 0.3 is 0 Å². The summed E-state index contributed by atoms with van der Waals surface area (Å²) in [6, 6.07) is 3.07. The zero-order chi connectivity index (χ0) is 15.9. The van der Waals surface area contributed by atoms with E-state index in [0.717, 1.165) is 19.3 Å². The van der Waals surface area contributed by atoms with Gasteiger partial charge in [0.15, 0.2) is 0 Å². The Morgan fingerprint density at radius 1 is 1.00 bits per heavy atom. The second-order valence-corrected chi connectivity index (χ2v) is 7.35. The number of carbonyl (C=O) groups is 2. The SMILES string of the molecule is O=C(Nc1cc(Cl)c(Cl)cc1Cl)C1C[C@@H]2CCC[C@@H](C1)C2=O. The molecule has 22 heavy (non-hydrogen) atoms. The van der Waals surface area contributed by atoms with E-state index in [0.29, 0.717) is 39.4 Å². The molecule has 2 fully saturated rings. The van der Waals surface area contributed by atoms with Crippen LogP contribution in [-0.2, 0) is 9.59 Å². The lowest BCUT2D eigenvalue weighted by Gasteiger charge is -2.37. The number of fused-ring (bicyclic) bond motifs is 2. The van der Waals surface area contributed by atoms with Gasteiger partial charge < -0.3 is 5.32 Å². The summed E-state index contributed by atoms with van der Waals surface area (Å²) in [7, 11) is 0. The van der Waals surface area contributed by atoms with Gasteiger partial charge in [-0.15, -0.1) is 0 Å². The van der Waals surface area contributed by atoms with E-state index >= 15 is 0 Å². The third-order valence-corrected chi connectivity index (χ3v) is 5.72. The van der Waals surface area contributed by atoms with Crippen LogP contribution < -0.4 is 5.32 Å². The molecule has 0 spiro atoms. The molecule has 118 valence electrons. The van der Waals surface area contributed by atoms with Crippen LogP contribution >= 0.6 is 34.8 Å². The number of nitrogens with one attached hydrogen (secondary N) is 1. The molecule has 1 aromatic carbocycles. The van der Waals surface area contributed by atoms with Gasteiger partial charge in [-0.1, -0.05) is 41.2 Å². The minimum Gasteiger partial charge on any atom is -0.324 e. The van der Waals surface area contributed by atoms with E-state index < -0.39 is 0 Å². The number of benzene rings is 1. The monoisotopic (exact) mass is 359 g/mol. The summed E-state index contributed by atoms with van der Waals surface area (Å²) in [5.41, 5.74) is 0.461. The molecule has 0 aromatic heterocycles. The van der Waals surface area contributed by atoms with Gasteiger partial charge in [-0.05, 0) is 37.8 Å². The molecule has 0 unspecified atom stereocenters. The summed E-state index contributed by atoms with van der Waals surface area (Å²) >= 11 is 17.9. The van der Waals surface area contributed by atoms with Crippen LogP contribution in [0.4, 0.5) is 5.69 Å². The Balaban J connectivity index is 1.73. The van der Waals surface area contributed by atoms with Crippen molar-refractivity contribution < 1.29 is 9.59 Å². The van der Waals surface area contributed by atoms with Crippen LogP contribution in [0, 0.1) is 17.8 Å². The highest BCUT2D eigenvalue weighted by Gasteiger charge is 2.41. The minimum atomic E-state index is -0.140. The van der Waals surface area contributed by atoms with Crippen LogP contribution in [0.5, 0.6) is 0 Å². The molecular weight excluding hydrogens is 345 g/mol. The lowest BCUT2D eigenvalue weighted by atomic mass is 9.67. The van der Waals surface area contributed by atoms with Gasteiger partial charge in [0.05, 0.1) is 20.8 Å². The maximum Gasteiger partial charge on any atom is 0.227 e. The Bertz CT molecular complexity index is 616. The van der Waals surface area contributed by atoms with Crippen LogP contribution in [0.25, 0.3) is 0 Å². The summed E-state index contributed by atoms with van der Waals surface area (Å²) < 4.78 is 0. The highest BCUT2D eigenvalue weighted by molar-refractivity contribution is 6.44. The predicted molar refractivity (Wildman–Crippen MR) is 88.7 cm³/mol. The molecule has 2 atom stereocenters. The molecule has 3 nitrogen and oxygen atoms in total. The van der Waals surface area contributed by atoms with Crippen LogP contribution in [0.2, 0.25) is 15.1 Å². The van der Waals surface area contributed by atoms with Crippen molar-refractivity contribution in [1.82, 2.24) is 0 Å². The number of hydrogen-bond donors (Lipinski definition) is 1. The van der Waals surface area contributed by atoms with Gasteiger partial charge in [0.1, 0.15) is 5.78 Å². The zero-order valence-electron chi connectivity index (χ0n) is 11.9. The van der Waals surface area contributed by atoms with E-state index in [1.807, 2.05) is 0 Å². The number of carbonyl (C=O) groups excluding carboxylic acids is 2. The molecule has 1 amide bonds. The predicted octanol–water partition coefficient (Wildman–Crippen LogP) is 4.98. The maximum atomic E-state index is 12.5. The minimum absolute atomic E-state index is 0.0486. The Morgan fingerprint density at radius 3 is 2.23 bits per heavy atom. The third kappa shape index (κ3) is 3.12. The summed E-state index contributed by atoms with van der Waals surface area (Å²) in [5, 5.41) is 3.88. The molecule has 0 aliphatic heterocycles. The van der Waals surface area contributed by atoms with Crippen LogP contribution in [0.3, 0.4) is 0 Å². The number of rotatable bonds is 2. The highest BCUT2D eigenvalue weighted by atomic mass is 35.5. The number of ketones is 1. The van der Waals surface area contributed by atoms with Crippen LogP contribution in [0.15, 0.2) is 12.1 Å². The van der Waals surface area contributed by atoms with Crippen molar-refractivity contribution in [2.75, 3.05) is 5.32 Å². The standard InChI is InChI=1S/C16H16Cl3NO2/c17-11-6-13(19)14(7-12(11)18)20-16(22)10-4-8-2-1-3-9(5-10)15(8)21/h6-10H,1-5H2,(H,20,22)/t8-,9-/m0/s1. The molecule has 1 N–H and O–H groups in total. The largest absolute Gasteiger partial charge is 0.324 e. The summed E-state index contributed by atoms with van der Waals surface area (Å²) in [6.45, 7) is 0. The topological polar surface area (TPSA) is 46.2 Å². The number of amides is 1. The quantitative estimate of drug-likeness (QED) is 0.756. The second-order valence-electron chi connectivity index (χ2n) is 6.13. The molecule has 2 aliphatic rings. The maximum absolute atomic E-state index is 12.5. The molecule has 2 aliphatic carbocycles. The highest BCUT2D eigenvalue weighted by Crippen LogP contribution is 2.41. The first-order valence-electron chi connectivity index (χ1n) is 7.45. The fraction of sp³-hybridized carbons (Fsp3) is 0.500. The van der Waals surface area contributed by atoms with Gasteiger partial charge in [-0.3, -0.25) is 9.59 Å². The number of halogens is 3. The first-order valence-corrected chi connectivity index (χ1v) is 8.58. The molecule has 2 bridgehead atoms. The molecular formula is C16H16Cl3NO2. The van der Waals surface area contributed by atoms with Gasteiger partial charge in [0.2, 0.25) is 5.91 Å². The zero-order valence-corrected chi connectivity index (χ0v) is 14.1. The fourth-order valence-corrected chi connectivity index (χ4v) is 4.14. The second kappa shape index (κ2) is 6.38. The molecule has 3 rings (SSSR count). The average molecular weight is 361 g/mol. The molecule has 0 heterocycles. The van der Waals surface area contributed by atoms with E-state index in [1.54, 1.807) is 6.07 Å². The summed E-state index contributed by atoms with van der Waals surface area (Å²) in [5.74, 6) is 0.214. The van der Waals surface area contributed by atoms with E-state index in [9.17, 15) is 9.59 Å². The third-order valence-electron chi connectivity index (χ3n) is 4.69. The van der Waals surface area contributed by atoms with Crippen molar-refractivity contribution in [3.63, 3.8) is 0 Å². The van der Waals surface area contributed by atoms with E-state index in [2.05, 4.69) is 5.32 Å². The van der Waals surface area contributed by atoms with Crippen LogP contribution in [0.1, 0.15) is 32.1 Å². The van der Waals surface area contributed by atoms with Crippen molar-refractivity contribution in [3.05, 3.63) is 27.2 Å². The number of Topliss-reactive ketones (excluding diaryl/α,β-unsaturated/α-hetero) is 1. The Kier molecular flexibility index (Phi) is 4.67. The summed E-state index contributed by atoms with van der Waals surface area (Å²) in [6.07, 6.45) is 4.19. The normalized spacial score (nSPS) is 27.6. The number of hydrogen-bond acceptors (Lipinski definition) is 2. The van der Waals surface area contributed by atoms with E-state index in [1.165, 1.54) is 6.07 Å². The van der Waals surface area contributed by atoms with Crippen molar-refractivity contribution in [2.24, 2.45) is 17.8 Å². The fourth-order valence-electron chi connectivity index (χ4n) is 3.55.